The summed E-state index contributed by atoms with van der Waals surface area (Å²) in [6, 6.07) is 71.8. The molecule has 12 aromatic carbocycles. The minimum absolute atomic E-state index is 0.0289. The monoisotopic (exact) mass is 1950 g/mol. The number of nitroso groups, excluding NO2 is 3. The molecule has 0 fully saturated rings. The molecule has 700 valence electrons. The molecule has 6 aliphatic carbocycles. The zero-order valence-electron chi connectivity index (χ0n) is 76.6. The molecular weight excluding hydrogens is 1870 g/mol. The highest BCUT2D eigenvalue weighted by Crippen LogP contribution is 2.52. The zero-order valence-corrected chi connectivity index (χ0v) is 79.6. The normalized spacial score (nSPS) is 16.6. The molecule has 15 aromatic rings. The zero-order chi connectivity index (χ0) is 98.8. The number of hydrogen-bond donors (Lipinski definition) is 9. The molecule has 30 heteroatoms. The van der Waals surface area contributed by atoms with Crippen molar-refractivity contribution in [3.8, 4) is 17.6 Å². The number of carbonyl (C=O) groups excluding carboxylic acids is 4. The summed E-state index contributed by atoms with van der Waals surface area (Å²) in [5.41, 5.74) is 33.0. The fourth-order valence-corrected chi connectivity index (χ4v) is 20.4. The van der Waals surface area contributed by atoms with Crippen LogP contribution in [0.15, 0.2) is 273 Å². The van der Waals surface area contributed by atoms with Crippen LogP contribution in [-0.2, 0) is 62.6 Å². The Bertz CT molecular complexity index is 8290. The first-order valence-electron chi connectivity index (χ1n) is 45.1. The Hall–Kier alpha value is -16.5. The molecule has 0 atom stereocenters. The van der Waals surface area contributed by atoms with Gasteiger partial charge in [-0.25, -0.2) is 0 Å². The number of nitro groups is 1. The number of aromatic nitrogens is 3. The van der Waals surface area contributed by atoms with E-state index in [1.54, 1.807) is 49.4 Å². The molecule has 9 N–H and O–H groups in total. The minimum atomic E-state index is -0.459. The van der Waals surface area contributed by atoms with Crippen LogP contribution in [-0.4, -0.2) is 83.8 Å². The van der Waals surface area contributed by atoms with Crippen LogP contribution < -0.4 is 16.0 Å². The number of H-pyrrole nitrogens is 3. The lowest BCUT2D eigenvalue weighted by Crippen LogP contribution is -2.10. The van der Waals surface area contributed by atoms with E-state index in [-0.39, 0.29) is 52.5 Å². The Morgan fingerprint density at radius 3 is 1.18 bits per heavy atom. The topological polar surface area (TPSA) is 387 Å². The Morgan fingerprint density at radius 2 is 0.738 bits per heavy atom. The van der Waals surface area contributed by atoms with Crippen molar-refractivity contribution in [2.45, 2.75) is 86.5 Å². The lowest BCUT2D eigenvalue weighted by molar-refractivity contribution is -0.385. The first-order chi connectivity index (χ1) is 68.1. The van der Waals surface area contributed by atoms with E-state index in [1.807, 2.05) is 204 Å². The molecule has 141 heavy (non-hydrogen) atoms. The van der Waals surface area contributed by atoms with Gasteiger partial charge in [-0.1, -0.05) is 221 Å². The van der Waals surface area contributed by atoms with Crippen LogP contribution in [0.2, 0.25) is 20.1 Å². The Kier molecular flexibility index (Phi) is 25.5. The van der Waals surface area contributed by atoms with E-state index in [0.29, 0.717) is 143 Å². The van der Waals surface area contributed by atoms with Crippen molar-refractivity contribution in [2.24, 2.45) is 25.8 Å². The molecule has 0 unspecified atom stereocenters. The highest BCUT2D eigenvalue weighted by Gasteiger charge is 2.40. The number of halogens is 4. The van der Waals surface area contributed by atoms with E-state index in [2.05, 4.69) is 68.9 Å². The van der Waals surface area contributed by atoms with Crippen molar-refractivity contribution < 1.29 is 49.1 Å². The van der Waals surface area contributed by atoms with Gasteiger partial charge in [-0.05, 0) is 207 Å². The number of rotatable bonds is 11. The average Bonchev–Trinajstić information content (AvgIpc) is 1.62. The number of nitrogens with zero attached hydrogens (tertiary/aromatic N) is 6. The number of oxime groups is 2. The molecule has 26 nitrogen and oxygen atoms in total. The number of fused-ring (bicyclic) bond motifs is 12. The van der Waals surface area contributed by atoms with Crippen LogP contribution in [0.5, 0.6) is 17.6 Å². The highest BCUT2D eigenvalue weighted by molar-refractivity contribution is 6.42. The van der Waals surface area contributed by atoms with Gasteiger partial charge in [0.25, 0.3) is 23.4 Å². The fourth-order valence-electron chi connectivity index (χ4n) is 19.8. The van der Waals surface area contributed by atoms with Crippen LogP contribution in [0.1, 0.15) is 146 Å². The molecule has 24 rings (SSSR count). The number of nitro benzene ring substituents is 1. The van der Waals surface area contributed by atoms with E-state index in [0.717, 1.165) is 174 Å². The molecule has 0 bridgehead atoms. The predicted molar refractivity (Wildman–Crippen MR) is 556 cm³/mol. The fraction of sp³-hybridized carbons (Fsp3) is 0.135. The van der Waals surface area contributed by atoms with Crippen molar-refractivity contribution in [3.05, 3.63) is 420 Å². The van der Waals surface area contributed by atoms with E-state index in [4.69, 9.17) is 56.1 Å². The number of benzene rings is 12. The maximum Gasteiger partial charge on any atom is 0.273 e. The van der Waals surface area contributed by atoms with Gasteiger partial charge < -0.3 is 55.9 Å². The van der Waals surface area contributed by atoms with Gasteiger partial charge in [0.15, 0.2) is 23.4 Å². The van der Waals surface area contributed by atoms with Crippen LogP contribution in [0.4, 0.5) is 22.7 Å². The summed E-state index contributed by atoms with van der Waals surface area (Å²) in [5.74, 6) is -0.548. The van der Waals surface area contributed by atoms with Crippen molar-refractivity contribution >= 4 is 187 Å². The van der Waals surface area contributed by atoms with Crippen LogP contribution in [0.25, 0.3) is 83.2 Å². The molecule has 3 aromatic heterocycles. The summed E-state index contributed by atoms with van der Waals surface area (Å²) in [5, 5.41) is 73.8. The molecular formula is C111H84Cl4N12O14. The Labute approximate surface area is 825 Å². The van der Waals surface area contributed by atoms with Crippen molar-refractivity contribution in [2.75, 3.05) is 29.7 Å². The third kappa shape index (κ3) is 17.2. The van der Waals surface area contributed by atoms with Gasteiger partial charge in [-0.2, -0.15) is 0 Å². The Balaban J connectivity index is 0.000000108. The number of nitrogens with one attached hydrogen (secondary N) is 6. The summed E-state index contributed by atoms with van der Waals surface area (Å²) in [6.45, 7) is 11.9. The number of carbonyl (C=O) groups is 4. The second-order valence-electron chi connectivity index (χ2n) is 35.1. The van der Waals surface area contributed by atoms with Gasteiger partial charge in [0.1, 0.15) is 42.2 Å². The van der Waals surface area contributed by atoms with Gasteiger partial charge in [0.05, 0.1) is 21.6 Å². The van der Waals surface area contributed by atoms with Gasteiger partial charge in [-0.15, -0.1) is 14.7 Å². The van der Waals surface area contributed by atoms with Crippen molar-refractivity contribution in [1.29, 1.82) is 0 Å². The van der Waals surface area contributed by atoms with E-state index < -0.39 is 4.92 Å². The van der Waals surface area contributed by atoms with Gasteiger partial charge in [-0.3, -0.25) is 29.3 Å². The van der Waals surface area contributed by atoms with Crippen molar-refractivity contribution in [3.63, 3.8) is 0 Å². The maximum atomic E-state index is 12.8. The van der Waals surface area contributed by atoms with Crippen LogP contribution in [0, 0.1) is 59.5 Å². The summed E-state index contributed by atoms with van der Waals surface area (Å²) in [6.07, 6.45) is 4.25. The quantitative estimate of drug-likeness (QED) is 0.0191. The van der Waals surface area contributed by atoms with Crippen molar-refractivity contribution in [1.82, 2.24) is 15.0 Å². The average molecular weight is 1950 g/mol. The lowest BCUT2D eigenvalue weighted by Gasteiger charge is -2.07. The third-order valence-corrected chi connectivity index (χ3v) is 27.8. The predicted octanol–water partition coefficient (Wildman–Crippen LogP) is 25.9. The first kappa shape index (κ1) is 93.5. The number of ketones is 1. The molecule has 3 amide bonds. The molecule has 0 saturated carbocycles. The van der Waals surface area contributed by atoms with E-state index >= 15 is 0 Å². The molecule has 0 radical (unpaired) electrons. The molecule has 9 aliphatic rings. The first-order valence-corrected chi connectivity index (χ1v) is 46.6. The molecule has 0 spiro atoms. The summed E-state index contributed by atoms with van der Waals surface area (Å²) in [4.78, 5) is 115. The second kappa shape index (κ2) is 38.5. The van der Waals surface area contributed by atoms with Gasteiger partial charge in [0.2, 0.25) is 0 Å². The summed E-state index contributed by atoms with van der Waals surface area (Å²) < 4.78 is 0. The highest BCUT2D eigenvalue weighted by atomic mass is 35.5. The number of aromatic amines is 3. The largest absolute Gasteiger partial charge is 0.494 e. The Morgan fingerprint density at radius 1 is 0.376 bits per heavy atom. The number of Topliss-reactive ketones (excluding diaryl/α,β-unsaturated/α-hetero) is 1. The number of aromatic hydroxyl groups is 3. The summed E-state index contributed by atoms with van der Waals surface area (Å²) in [7, 11) is 1.53. The second-order valence-corrected chi connectivity index (χ2v) is 36.7. The smallest absolute Gasteiger partial charge is 0.273 e. The number of anilines is 3. The molecule has 3 aliphatic heterocycles. The van der Waals surface area contributed by atoms with E-state index in [1.165, 1.54) is 18.7 Å². The van der Waals surface area contributed by atoms with Crippen LogP contribution in [0.3, 0.4) is 0 Å². The molecule has 6 heterocycles. The molecule has 0 saturated heterocycles. The van der Waals surface area contributed by atoms with E-state index in [9.17, 15) is 59.3 Å². The number of amides is 3. The van der Waals surface area contributed by atoms with Gasteiger partial charge in [0, 0.05) is 192 Å². The standard InChI is InChI=1S/C21H19ClN2O2.C19H16N2O2.C18H13ClN2O2.C18H12ClNO2.C18H13N3O4.C17H11ClN2O2/c1-3-8-26-24-20-14-7-5-4-6-13(14)10-16(20)19-15-11-17(22)12(2)9-18(15)23-21(19)25;1-11-7-8-14-16(9-11)20-19(22)17(14)15-10-12-5-3-4-6-13(12)18(15)21-23-2;1-9-6-15-12(8-14(9)19)16(18(22)20-15)13-7-10-4-2-3-5-11(10)17(13)21-23;1-9-6-15-12(8-14(9)19)16(18(22)20-15)13-7-10-4-2-3-5-11(10)17(13)21;1-9-6-14-12(8-15(9)21(24)25)16(18(22)19-14)13-7-10-4-2-3-5-11(10)17(13)20-23;18-10-5-6-14-12(8-10)15(17(21)19-14)13-7-9-3-1-2-4-11(9)16(13)20-22/h4-7,9,11H,3,8,10H2,1-2H3,(H,23,25);3-9H,10H2,1-2H3,(H,20,22);2-6,8,20,22H,7H2,1H3;2-6,8H,7H2,1H3,(H,20,22);2-6,8,19,22H,7H2,1H3;1-6,8,19,21H,7H2/b19-16+,24-20+;17-15+,21-18+;;16-13+;;. The SMILES string of the molecule is CCCO/N=C1/C(=C2/C(=O)Nc3cc(C)c(Cl)cc32)Cc2ccccc21.CO/N=C1/C(=C2/C(=O)Nc3cc(C)ccc32)Cc2ccccc21.Cc1cc2[nH]c(O)c(C3=C(N=O)c4ccccc4C3)c2cc1Cl.Cc1cc2[nH]c(O)c(C3=C(N=O)c4ccccc4C3)c2cc1[N+](=O)[O-].Cc1cc2c(cc1Cl)/C(=C1/Cc3ccccc3C1=O)C(=O)N2.O=NC1=C(c2c(O)[nH]c3ccc(Cl)cc23)Cc2ccccc21. The van der Waals surface area contributed by atoms with Crippen LogP contribution >= 0.6 is 46.4 Å². The van der Waals surface area contributed by atoms with Gasteiger partial charge >= 0.3 is 0 Å². The number of hydrogen-bond acceptors (Lipinski definition) is 19. The lowest BCUT2D eigenvalue weighted by atomic mass is 9.97. The minimum Gasteiger partial charge on any atom is -0.494 e. The third-order valence-electron chi connectivity index (χ3n) is 26.3. The number of aryl methyl sites for hydroxylation is 5. The summed E-state index contributed by atoms with van der Waals surface area (Å²) >= 11 is 24.8. The number of allylic oxidation sites excluding steroid dienone is 6. The maximum absolute atomic E-state index is 12.8.